The molecule has 0 aliphatic carbocycles. The monoisotopic (exact) mass is 564 g/mol. The third-order valence-electron chi connectivity index (χ3n) is 6.37. The van der Waals surface area contributed by atoms with Gasteiger partial charge in [0.05, 0.1) is 35.5 Å². The molecule has 0 unspecified atom stereocenters. The maximum absolute atomic E-state index is 13.8. The van der Waals surface area contributed by atoms with Gasteiger partial charge in [0, 0.05) is 12.0 Å². The quantitative estimate of drug-likeness (QED) is 0.336. The number of aryl methyl sites for hydroxylation is 2. The second-order valence-corrected chi connectivity index (χ2v) is 11.0. The van der Waals surface area contributed by atoms with Gasteiger partial charge in [0.2, 0.25) is 0 Å². The number of benzene rings is 2. The van der Waals surface area contributed by atoms with Gasteiger partial charge in [-0.25, -0.2) is 8.42 Å². The molecule has 0 fully saturated rings. The Morgan fingerprint density at radius 3 is 2.59 bits per heavy atom. The van der Waals surface area contributed by atoms with E-state index in [1.807, 2.05) is 19.9 Å². The number of esters is 1. The van der Waals surface area contributed by atoms with Gasteiger partial charge in [-0.3, -0.25) is 9.10 Å². The number of nitrogens with zero attached hydrogens (tertiary/aromatic N) is 2. The predicted octanol–water partition coefficient (Wildman–Crippen LogP) is 5.78. The fourth-order valence-electron chi connectivity index (χ4n) is 4.51. The van der Waals surface area contributed by atoms with E-state index in [1.54, 1.807) is 25.1 Å². The number of methoxy groups -OCH3 is 1. The summed E-state index contributed by atoms with van der Waals surface area (Å²) in [5, 5.41) is 3.96. The molecule has 1 aromatic heterocycles. The van der Waals surface area contributed by atoms with E-state index in [0.29, 0.717) is 23.1 Å². The fourth-order valence-corrected chi connectivity index (χ4v) is 6.05. The molecule has 0 radical (unpaired) electrons. The van der Waals surface area contributed by atoms with Crippen LogP contribution in [0.15, 0.2) is 51.9 Å². The summed E-state index contributed by atoms with van der Waals surface area (Å²) < 4.78 is 84.5. The molecule has 2 aromatic carbocycles. The number of halogens is 3. The van der Waals surface area contributed by atoms with Crippen molar-refractivity contribution in [3.8, 4) is 5.75 Å². The third-order valence-corrected chi connectivity index (χ3v) is 8.15. The highest BCUT2D eigenvalue weighted by atomic mass is 32.2. The molecule has 2 heterocycles. The molecule has 0 saturated heterocycles. The van der Waals surface area contributed by atoms with Crippen LogP contribution in [-0.4, -0.2) is 39.3 Å². The largest absolute Gasteiger partial charge is 0.486 e. The summed E-state index contributed by atoms with van der Waals surface area (Å²) >= 11 is 0. The van der Waals surface area contributed by atoms with Gasteiger partial charge >= 0.3 is 12.1 Å². The molecule has 0 spiro atoms. The minimum atomic E-state index is -4.72. The van der Waals surface area contributed by atoms with Gasteiger partial charge in [0.1, 0.15) is 17.6 Å². The van der Waals surface area contributed by atoms with Crippen molar-refractivity contribution in [2.24, 2.45) is 0 Å². The lowest BCUT2D eigenvalue weighted by Gasteiger charge is -2.35. The average molecular weight is 565 g/mol. The minimum absolute atomic E-state index is 0.0224. The number of fused-ring (bicyclic) bond motifs is 1. The van der Waals surface area contributed by atoms with E-state index in [4.69, 9.17) is 9.26 Å². The van der Waals surface area contributed by atoms with E-state index in [-0.39, 0.29) is 30.8 Å². The molecular formula is C27H27F3N2O6S. The highest BCUT2D eigenvalue weighted by Gasteiger charge is 2.37. The van der Waals surface area contributed by atoms with Gasteiger partial charge in [0.25, 0.3) is 10.0 Å². The Bertz CT molecular complexity index is 1510. The van der Waals surface area contributed by atoms with Crippen LogP contribution in [0.3, 0.4) is 0 Å². The molecule has 3 aromatic rings. The highest BCUT2D eigenvalue weighted by molar-refractivity contribution is 7.92. The summed E-state index contributed by atoms with van der Waals surface area (Å²) in [6.45, 7) is 5.24. The van der Waals surface area contributed by atoms with Crippen LogP contribution in [-0.2, 0) is 25.7 Å². The molecular weight excluding hydrogens is 537 g/mol. The summed E-state index contributed by atoms with van der Waals surface area (Å²) in [6, 6.07) is 8.52. The average Bonchev–Trinajstić information content (AvgIpc) is 3.23. The van der Waals surface area contributed by atoms with Crippen molar-refractivity contribution in [3.63, 3.8) is 0 Å². The molecule has 0 saturated carbocycles. The molecule has 4 rings (SSSR count). The van der Waals surface area contributed by atoms with E-state index in [9.17, 15) is 26.4 Å². The first-order valence-electron chi connectivity index (χ1n) is 12.0. The summed E-state index contributed by atoms with van der Waals surface area (Å²) in [4.78, 5) is 11.2. The van der Waals surface area contributed by atoms with Crippen molar-refractivity contribution in [2.45, 2.75) is 50.8 Å². The predicted molar refractivity (Wildman–Crippen MR) is 138 cm³/mol. The number of anilines is 1. The standard InChI is InChI=1S/C27H27F3N2O6S/c1-16(26-17(2)31-38-18(26)3)12-19-8-10-24-23(13-19)32(15-21(37-24)9-11-25(33)36-4)39(34,35)22-7-5-6-20(14-22)27(28,29)30/h5-8,10,12-14,21H,9,11,15H2,1-4H3/b16-12+/t21-/m0/s1. The SMILES string of the molecule is COC(=O)CC[C@H]1CN(S(=O)(=O)c2cccc(C(F)(F)F)c2)c2cc(/C=C(\C)c3c(C)noc3C)ccc2O1. The van der Waals surface area contributed by atoms with Crippen LogP contribution in [0.5, 0.6) is 5.75 Å². The zero-order valence-corrected chi connectivity index (χ0v) is 22.5. The first-order valence-corrected chi connectivity index (χ1v) is 13.4. The molecule has 0 bridgehead atoms. The Balaban J connectivity index is 1.78. The maximum atomic E-state index is 13.8. The number of alkyl halides is 3. The maximum Gasteiger partial charge on any atom is 0.416 e. The number of hydrogen-bond acceptors (Lipinski definition) is 7. The zero-order valence-electron chi connectivity index (χ0n) is 21.7. The number of rotatable bonds is 7. The first kappa shape index (κ1) is 28.2. The topological polar surface area (TPSA) is 98.9 Å². The number of hydrogen-bond donors (Lipinski definition) is 0. The van der Waals surface area contributed by atoms with Gasteiger partial charge in [-0.2, -0.15) is 13.2 Å². The van der Waals surface area contributed by atoms with E-state index in [0.717, 1.165) is 33.6 Å². The molecule has 8 nitrogen and oxygen atoms in total. The number of ether oxygens (including phenoxy) is 2. The van der Waals surface area contributed by atoms with Crippen molar-refractivity contribution in [1.82, 2.24) is 5.16 Å². The molecule has 39 heavy (non-hydrogen) atoms. The molecule has 0 N–H and O–H groups in total. The second-order valence-electron chi connectivity index (χ2n) is 9.17. The van der Waals surface area contributed by atoms with Gasteiger partial charge in [-0.1, -0.05) is 23.4 Å². The molecule has 1 atom stereocenters. The number of carbonyl (C=O) groups is 1. The number of allylic oxidation sites excluding steroid dienone is 1. The van der Waals surface area contributed by atoms with Crippen molar-refractivity contribution in [3.05, 3.63) is 70.6 Å². The van der Waals surface area contributed by atoms with Crippen molar-refractivity contribution < 1.29 is 40.4 Å². The Morgan fingerprint density at radius 2 is 1.95 bits per heavy atom. The molecule has 0 amide bonds. The van der Waals surface area contributed by atoms with Gasteiger partial charge in [0.15, 0.2) is 0 Å². The Labute approximate surface area is 224 Å². The van der Waals surface area contributed by atoms with E-state index >= 15 is 0 Å². The highest BCUT2D eigenvalue weighted by Crippen LogP contribution is 2.40. The van der Waals surface area contributed by atoms with E-state index in [2.05, 4.69) is 9.89 Å². The normalized spacial score (nSPS) is 16.0. The minimum Gasteiger partial charge on any atom is -0.486 e. The van der Waals surface area contributed by atoms with Crippen LogP contribution in [0.25, 0.3) is 11.6 Å². The Hall–Kier alpha value is -3.80. The fraction of sp³-hybridized carbons (Fsp3) is 0.333. The Morgan fingerprint density at radius 1 is 1.21 bits per heavy atom. The lowest BCUT2D eigenvalue weighted by molar-refractivity contribution is -0.141. The third kappa shape index (κ3) is 5.95. The second kappa shape index (κ2) is 10.8. The number of aromatic nitrogens is 1. The summed E-state index contributed by atoms with van der Waals surface area (Å²) in [5.41, 5.74) is 2.07. The van der Waals surface area contributed by atoms with Crippen molar-refractivity contribution >= 4 is 33.3 Å². The van der Waals surface area contributed by atoms with Crippen LogP contribution in [0.2, 0.25) is 0 Å². The summed E-state index contributed by atoms with van der Waals surface area (Å²) in [6.07, 6.45) is -3.50. The van der Waals surface area contributed by atoms with Crippen molar-refractivity contribution in [1.29, 1.82) is 0 Å². The summed E-state index contributed by atoms with van der Waals surface area (Å²) in [7, 11) is -3.21. The van der Waals surface area contributed by atoms with Crippen molar-refractivity contribution in [2.75, 3.05) is 18.0 Å². The zero-order chi connectivity index (χ0) is 28.5. The Kier molecular flexibility index (Phi) is 7.78. The lowest BCUT2D eigenvalue weighted by Crippen LogP contribution is -2.43. The lowest BCUT2D eigenvalue weighted by atomic mass is 10.0. The van der Waals surface area contributed by atoms with Crippen LogP contribution in [0.1, 0.15) is 47.9 Å². The van der Waals surface area contributed by atoms with E-state index < -0.39 is 38.7 Å². The van der Waals surface area contributed by atoms with Gasteiger partial charge in [-0.05, 0) is 68.7 Å². The number of sulfonamides is 1. The summed E-state index contributed by atoms with van der Waals surface area (Å²) in [5.74, 6) is 0.357. The van der Waals surface area contributed by atoms with Crippen LogP contribution < -0.4 is 9.04 Å². The first-order chi connectivity index (χ1) is 18.3. The van der Waals surface area contributed by atoms with Crippen LogP contribution in [0, 0.1) is 13.8 Å². The van der Waals surface area contributed by atoms with Crippen LogP contribution >= 0.6 is 0 Å². The van der Waals surface area contributed by atoms with Gasteiger partial charge < -0.3 is 14.0 Å². The van der Waals surface area contributed by atoms with Crippen LogP contribution in [0.4, 0.5) is 18.9 Å². The molecule has 208 valence electrons. The number of carbonyl (C=O) groups excluding carboxylic acids is 1. The smallest absolute Gasteiger partial charge is 0.416 e. The molecule has 12 heteroatoms. The van der Waals surface area contributed by atoms with Gasteiger partial charge in [-0.15, -0.1) is 0 Å². The molecule has 1 aliphatic heterocycles. The molecule has 1 aliphatic rings. The van der Waals surface area contributed by atoms with E-state index in [1.165, 1.54) is 7.11 Å².